The summed E-state index contributed by atoms with van der Waals surface area (Å²) in [7, 11) is 0. The molecular formula is C30H18N6O3. The molecule has 0 aliphatic heterocycles. The molecule has 9 nitrogen and oxygen atoms in total. The zero-order valence-electron chi connectivity index (χ0n) is 20.3. The predicted molar refractivity (Wildman–Crippen MR) is 143 cm³/mol. The van der Waals surface area contributed by atoms with Crippen molar-refractivity contribution in [2.75, 3.05) is 0 Å². The van der Waals surface area contributed by atoms with Crippen LogP contribution in [0.25, 0.3) is 68.5 Å². The Labute approximate surface area is 221 Å². The molecule has 0 saturated heterocycles. The molecule has 0 bridgehead atoms. The standard InChI is InChI=1S/C30H18N6O3/c1-4-10-19(11-5-1)25-31-29(38-34-25)23-16-22(27-33-28(37-36-27)21-14-8-3-9-15-21)17-24(18-23)30-32-26(35-39-30)20-12-6-2-7-13-20/h1-18H. The van der Waals surface area contributed by atoms with E-state index in [0.717, 1.165) is 16.7 Å². The second-order valence-corrected chi connectivity index (χ2v) is 8.67. The Balaban J connectivity index is 1.33. The third-order valence-corrected chi connectivity index (χ3v) is 6.05. The first kappa shape index (κ1) is 22.5. The van der Waals surface area contributed by atoms with E-state index >= 15 is 0 Å². The van der Waals surface area contributed by atoms with E-state index in [1.165, 1.54) is 0 Å². The Morgan fingerprint density at radius 2 is 0.667 bits per heavy atom. The largest absolute Gasteiger partial charge is 0.334 e. The molecule has 0 unspecified atom stereocenters. The van der Waals surface area contributed by atoms with Gasteiger partial charge in [0.2, 0.25) is 17.5 Å². The maximum Gasteiger partial charge on any atom is 0.258 e. The Morgan fingerprint density at radius 1 is 0.333 bits per heavy atom. The lowest BCUT2D eigenvalue weighted by molar-refractivity contribution is 0.430. The molecule has 0 spiro atoms. The molecule has 9 heteroatoms. The van der Waals surface area contributed by atoms with E-state index in [-0.39, 0.29) is 0 Å². The summed E-state index contributed by atoms with van der Waals surface area (Å²) < 4.78 is 16.8. The van der Waals surface area contributed by atoms with Crippen LogP contribution in [0.1, 0.15) is 0 Å². The van der Waals surface area contributed by atoms with Gasteiger partial charge in [-0.1, -0.05) is 94.3 Å². The summed E-state index contributed by atoms with van der Waals surface area (Å²) in [4.78, 5) is 13.8. The molecule has 0 fully saturated rings. The first-order valence-corrected chi connectivity index (χ1v) is 12.1. The van der Waals surface area contributed by atoms with Crippen LogP contribution in [0.5, 0.6) is 0 Å². The monoisotopic (exact) mass is 510 g/mol. The van der Waals surface area contributed by atoms with Crippen LogP contribution in [-0.2, 0) is 0 Å². The number of nitrogens with zero attached hydrogens (tertiary/aromatic N) is 6. The average molecular weight is 511 g/mol. The highest BCUT2D eigenvalue weighted by atomic mass is 16.5. The molecule has 3 aromatic heterocycles. The van der Waals surface area contributed by atoms with Crippen LogP contribution in [0.3, 0.4) is 0 Å². The molecule has 0 radical (unpaired) electrons. The lowest BCUT2D eigenvalue weighted by Crippen LogP contribution is -1.88. The van der Waals surface area contributed by atoms with Crippen LogP contribution < -0.4 is 0 Å². The molecule has 0 aliphatic rings. The van der Waals surface area contributed by atoms with Gasteiger partial charge in [0.25, 0.3) is 17.7 Å². The summed E-state index contributed by atoms with van der Waals surface area (Å²) in [5, 5.41) is 12.6. The third kappa shape index (κ3) is 4.49. The van der Waals surface area contributed by atoms with Crippen molar-refractivity contribution in [3.8, 4) is 68.5 Å². The highest BCUT2D eigenvalue weighted by molar-refractivity contribution is 5.75. The van der Waals surface area contributed by atoms with Gasteiger partial charge in [-0.2, -0.15) is 15.0 Å². The number of aromatic nitrogens is 6. The summed E-state index contributed by atoms with van der Waals surface area (Å²) in [6, 6.07) is 34.4. The van der Waals surface area contributed by atoms with Crippen molar-refractivity contribution < 1.29 is 13.6 Å². The molecule has 186 valence electrons. The number of benzene rings is 4. The molecule has 0 atom stereocenters. The van der Waals surface area contributed by atoms with E-state index in [9.17, 15) is 0 Å². The molecule has 39 heavy (non-hydrogen) atoms. The molecule has 7 rings (SSSR count). The molecule has 0 N–H and O–H groups in total. The molecule has 0 aliphatic carbocycles. The second kappa shape index (κ2) is 9.64. The number of hydrogen-bond acceptors (Lipinski definition) is 9. The van der Waals surface area contributed by atoms with Gasteiger partial charge < -0.3 is 13.6 Å². The summed E-state index contributed by atoms with van der Waals surface area (Å²) in [6.07, 6.45) is 0. The van der Waals surface area contributed by atoms with Crippen molar-refractivity contribution in [1.29, 1.82) is 0 Å². The number of hydrogen-bond donors (Lipinski definition) is 0. The fraction of sp³-hybridized carbons (Fsp3) is 0. The van der Waals surface area contributed by atoms with E-state index in [1.807, 2.05) is 109 Å². The minimum absolute atomic E-state index is 0.325. The minimum Gasteiger partial charge on any atom is -0.334 e. The van der Waals surface area contributed by atoms with Gasteiger partial charge in [0.15, 0.2) is 0 Å². The number of rotatable bonds is 6. The van der Waals surface area contributed by atoms with Crippen molar-refractivity contribution in [1.82, 2.24) is 30.4 Å². The van der Waals surface area contributed by atoms with Gasteiger partial charge in [-0.15, -0.1) is 0 Å². The zero-order chi connectivity index (χ0) is 26.0. The van der Waals surface area contributed by atoms with Gasteiger partial charge in [0.1, 0.15) is 0 Å². The molecule has 4 aromatic carbocycles. The molecule has 7 aromatic rings. The van der Waals surface area contributed by atoms with Gasteiger partial charge in [-0.3, -0.25) is 0 Å². The lowest BCUT2D eigenvalue weighted by atomic mass is 10.0. The Kier molecular flexibility index (Phi) is 5.56. The van der Waals surface area contributed by atoms with Gasteiger partial charge in [-0.25, -0.2) is 0 Å². The maximum atomic E-state index is 5.64. The average Bonchev–Trinajstić information content (AvgIpc) is 3.80. The normalized spacial score (nSPS) is 11.1. The van der Waals surface area contributed by atoms with Gasteiger partial charge >= 0.3 is 0 Å². The SMILES string of the molecule is c1ccc(-c2noc(-c3cc(-c4noc(-c5ccccc5)n4)cc(-c4nc(-c5ccccc5)no4)c3)n2)cc1. The molecule has 0 saturated carbocycles. The predicted octanol–water partition coefficient (Wildman–Crippen LogP) is 6.84. The van der Waals surface area contributed by atoms with Gasteiger partial charge in [0.05, 0.1) is 0 Å². The minimum atomic E-state index is 0.325. The highest BCUT2D eigenvalue weighted by Gasteiger charge is 2.19. The van der Waals surface area contributed by atoms with Crippen molar-refractivity contribution in [2.45, 2.75) is 0 Å². The summed E-state index contributed by atoms with van der Waals surface area (Å²) in [6.45, 7) is 0. The summed E-state index contributed by atoms with van der Waals surface area (Å²) >= 11 is 0. The van der Waals surface area contributed by atoms with Crippen LogP contribution in [0.2, 0.25) is 0 Å². The molecular weight excluding hydrogens is 492 g/mol. The quantitative estimate of drug-likeness (QED) is 0.237. The Hall–Kier alpha value is -5.70. The molecule has 3 heterocycles. The Morgan fingerprint density at radius 3 is 1.10 bits per heavy atom. The van der Waals surface area contributed by atoms with Crippen LogP contribution in [0.4, 0.5) is 0 Å². The Bertz CT molecular complexity index is 1630. The second-order valence-electron chi connectivity index (χ2n) is 8.67. The van der Waals surface area contributed by atoms with Gasteiger partial charge in [-0.05, 0) is 30.3 Å². The van der Waals surface area contributed by atoms with Crippen molar-refractivity contribution in [3.63, 3.8) is 0 Å². The van der Waals surface area contributed by atoms with Crippen LogP contribution in [0.15, 0.2) is 123 Å². The topological polar surface area (TPSA) is 117 Å². The van der Waals surface area contributed by atoms with E-state index in [2.05, 4.69) is 30.4 Å². The smallest absolute Gasteiger partial charge is 0.258 e. The van der Waals surface area contributed by atoms with Gasteiger partial charge in [0, 0.05) is 33.4 Å². The van der Waals surface area contributed by atoms with Crippen molar-refractivity contribution in [3.05, 3.63) is 109 Å². The van der Waals surface area contributed by atoms with E-state index in [1.54, 1.807) is 0 Å². The fourth-order valence-corrected chi connectivity index (χ4v) is 4.13. The highest BCUT2D eigenvalue weighted by Crippen LogP contribution is 2.33. The maximum absolute atomic E-state index is 5.64. The summed E-state index contributed by atoms with van der Waals surface area (Å²) in [5.74, 6) is 2.41. The van der Waals surface area contributed by atoms with Crippen molar-refractivity contribution >= 4 is 0 Å². The van der Waals surface area contributed by atoms with Crippen LogP contribution in [0, 0.1) is 0 Å². The zero-order valence-corrected chi connectivity index (χ0v) is 20.3. The van der Waals surface area contributed by atoms with E-state index in [0.29, 0.717) is 51.8 Å². The van der Waals surface area contributed by atoms with Crippen LogP contribution >= 0.6 is 0 Å². The van der Waals surface area contributed by atoms with Crippen LogP contribution in [-0.4, -0.2) is 30.4 Å². The van der Waals surface area contributed by atoms with E-state index < -0.39 is 0 Å². The first-order chi connectivity index (χ1) is 19.3. The van der Waals surface area contributed by atoms with Crippen molar-refractivity contribution in [2.24, 2.45) is 0 Å². The van der Waals surface area contributed by atoms with E-state index in [4.69, 9.17) is 13.6 Å². The molecule has 0 amide bonds. The lowest BCUT2D eigenvalue weighted by Gasteiger charge is -2.02. The summed E-state index contributed by atoms with van der Waals surface area (Å²) in [5.41, 5.74) is 4.46. The third-order valence-electron chi connectivity index (χ3n) is 6.05. The fourth-order valence-electron chi connectivity index (χ4n) is 4.13. The first-order valence-electron chi connectivity index (χ1n) is 12.1.